The van der Waals surface area contributed by atoms with Crippen molar-refractivity contribution in [1.29, 1.82) is 0 Å². The number of carbonyl (C=O) groups excluding carboxylic acids is 2. The lowest BCUT2D eigenvalue weighted by molar-refractivity contribution is -0.262. The molecule has 0 aromatic carbocycles. The van der Waals surface area contributed by atoms with E-state index in [-0.39, 0.29) is 41.9 Å². The molecule has 7 nitrogen and oxygen atoms in total. The second kappa shape index (κ2) is 6.53. The monoisotopic (exact) mass is 420 g/mol. The van der Waals surface area contributed by atoms with Gasteiger partial charge in [-0.3, -0.25) is 0 Å². The summed E-state index contributed by atoms with van der Waals surface area (Å²) in [6.07, 6.45) is 2.04. The predicted molar refractivity (Wildman–Crippen MR) is 105 cm³/mol. The highest BCUT2D eigenvalue weighted by atomic mass is 16.7. The van der Waals surface area contributed by atoms with Gasteiger partial charge in [-0.15, -0.1) is 0 Å². The molecule has 0 aromatic rings. The Labute approximate surface area is 177 Å². The van der Waals surface area contributed by atoms with Gasteiger partial charge in [-0.25, -0.2) is 9.59 Å². The Balaban J connectivity index is 1.55. The fourth-order valence-corrected chi connectivity index (χ4v) is 7.16. The van der Waals surface area contributed by atoms with Gasteiger partial charge in [-0.2, -0.15) is 0 Å². The summed E-state index contributed by atoms with van der Waals surface area (Å²) in [6, 6.07) is 0. The number of hydrogen-bond donors (Lipinski definition) is 0. The number of cyclic esters (lactones) is 1. The van der Waals surface area contributed by atoms with Crippen molar-refractivity contribution in [3.05, 3.63) is 11.1 Å². The molecule has 5 aliphatic rings. The average Bonchev–Trinajstić information content (AvgIpc) is 3.33. The fraction of sp³-hybridized carbons (Fsp3) is 0.826. The second-order valence-corrected chi connectivity index (χ2v) is 10.3. The van der Waals surface area contributed by atoms with Gasteiger partial charge < -0.3 is 23.7 Å². The minimum absolute atomic E-state index is 0.0697. The summed E-state index contributed by atoms with van der Waals surface area (Å²) >= 11 is 0. The molecule has 7 unspecified atom stereocenters. The number of ether oxygens (including phenoxy) is 5. The van der Waals surface area contributed by atoms with E-state index >= 15 is 0 Å². The number of epoxide rings is 1. The van der Waals surface area contributed by atoms with E-state index in [1.165, 1.54) is 7.11 Å². The molecule has 2 aliphatic carbocycles. The van der Waals surface area contributed by atoms with Crippen LogP contribution in [-0.4, -0.2) is 62.3 Å². The van der Waals surface area contributed by atoms with Gasteiger partial charge in [-0.1, -0.05) is 20.8 Å². The molecular weight excluding hydrogens is 388 g/mol. The minimum atomic E-state index is -0.749. The van der Waals surface area contributed by atoms with Gasteiger partial charge >= 0.3 is 11.9 Å². The molecule has 3 heterocycles. The summed E-state index contributed by atoms with van der Waals surface area (Å²) in [5.41, 5.74) is 0.429. The van der Waals surface area contributed by atoms with Crippen LogP contribution in [0.1, 0.15) is 47.0 Å². The summed E-state index contributed by atoms with van der Waals surface area (Å²) in [7, 11) is 1.49. The lowest BCUT2D eigenvalue weighted by Crippen LogP contribution is -2.72. The van der Waals surface area contributed by atoms with Crippen molar-refractivity contribution >= 4 is 11.9 Å². The van der Waals surface area contributed by atoms with Crippen LogP contribution in [0.15, 0.2) is 11.1 Å². The van der Waals surface area contributed by atoms with Crippen LogP contribution < -0.4 is 0 Å². The van der Waals surface area contributed by atoms with E-state index in [2.05, 4.69) is 27.7 Å². The van der Waals surface area contributed by atoms with E-state index < -0.39 is 17.3 Å². The highest BCUT2D eigenvalue weighted by Crippen LogP contribution is 2.72. The quantitative estimate of drug-likeness (QED) is 0.510. The molecule has 0 aromatic heterocycles. The van der Waals surface area contributed by atoms with E-state index in [0.717, 1.165) is 24.0 Å². The molecule has 2 saturated heterocycles. The van der Waals surface area contributed by atoms with Crippen LogP contribution in [0.2, 0.25) is 0 Å². The Morgan fingerprint density at radius 3 is 2.77 bits per heavy atom. The highest BCUT2D eigenvalue weighted by molar-refractivity contribution is 5.92. The van der Waals surface area contributed by atoms with E-state index in [1.807, 2.05) is 0 Å². The van der Waals surface area contributed by atoms with Crippen molar-refractivity contribution in [2.45, 2.75) is 70.4 Å². The Morgan fingerprint density at radius 2 is 2.07 bits per heavy atom. The van der Waals surface area contributed by atoms with Crippen LogP contribution in [0.25, 0.3) is 0 Å². The molecule has 3 aliphatic heterocycles. The van der Waals surface area contributed by atoms with Gasteiger partial charge in [0.25, 0.3) is 0 Å². The normalized spacial score (nSPS) is 46.5. The first-order chi connectivity index (χ1) is 14.2. The molecule has 166 valence electrons. The molecule has 0 N–H and O–H groups in total. The van der Waals surface area contributed by atoms with E-state index in [0.29, 0.717) is 25.6 Å². The topological polar surface area (TPSA) is 83.6 Å². The maximum Gasteiger partial charge on any atom is 0.334 e. The van der Waals surface area contributed by atoms with Gasteiger partial charge in [0.2, 0.25) is 0 Å². The predicted octanol–water partition coefficient (Wildman–Crippen LogP) is 2.42. The zero-order valence-electron chi connectivity index (χ0n) is 18.5. The van der Waals surface area contributed by atoms with E-state index in [9.17, 15) is 9.59 Å². The molecule has 0 bridgehead atoms. The van der Waals surface area contributed by atoms with Crippen LogP contribution in [-0.2, 0) is 33.3 Å². The summed E-state index contributed by atoms with van der Waals surface area (Å²) < 4.78 is 29.6. The molecule has 1 saturated carbocycles. The van der Waals surface area contributed by atoms with Crippen molar-refractivity contribution in [3.8, 4) is 0 Å². The Hall–Kier alpha value is -1.44. The van der Waals surface area contributed by atoms with Gasteiger partial charge in [-0.05, 0) is 37.7 Å². The number of carbonyl (C=O) groups is 2. The van der Waals surface area contributed by atoms with Crippen molar-refractivity contribution < 1.29 is 33.3 Å². The second-order valence-electron chi connectivity index (χ2n) is 10.3. The first-order valence-electron chi connectivity index (χ1n) is 11.1. The molecule has 1 spiro atoms. The molecule has 30 heavy (non-hydrogen) atoms. The number of hydrogen-bond acceptors (Lipinski definition) is 7. The lowest BCUT2D eigenvalue weighted by Gasteiger charge is -2.60. The van der Waals surface area contributed by atoms with Crippen LogP contribution in [0.3, 0.4) is 0 Å². The number of fused-ring (bicyclic) bond motifs is 2. The molecule has 0 radical (unpaired) electrons. The molecular formula is C23H32O7. The fourth-order valence-electron chi connectivity index (χ4n) is 7.16. The first-order valence-corrected chi connectivity index (χ1v) is 11.1. The SMILES string of the molecule is COCC(=O)OC1C(C(C)C)CC2OC23C2(C)CCC4=C(COC4=O)C2COC13C. The van der Waals surface area contributed by atoms with Crippen molar-refractivity contribution in [1.82, 2.24) is 0 Å². The lowest BCUT2D eigenvalue weighted by atomic mass is 9.49. The Morgan fingerprint density at radius 1 is 1.30 bits per heavy atom. The Bertz CT molecular complexity index is 818. The smallest absolute Gasteiger partial charge is 0.334 e. The average molecular weight is 421 g/mol. The number of rotatable bonds is 4. The van der Waals surface area contributed by atoms with Gasteiger partial charge in [0.05, 0.1) is 12.7 Å². The third kappa shape index (κ3) is 2.37. The zero-order chi connectivity index (χ0) is 21.5. The van der Waals surface area contributed by atoms with Crippen molar-refractivity contribution in [2.24, 2.45) is 23.2 Å². The summed E-state index contributed by atoms with van der Waals surface area (Å²) in [5, 5.41) is 0. The van der Waals surface area contributed by atoms with Gasteiger partial charge in [0, 0.05) is 29.9 Å². The minimum Gasteiger partial charge on any atom is -0.458 e. The van der Waals surface area contributed by atoms with Crippen LogP contribution in [0.4, 0.5) is 0 Å². The van der Waals surface area contributed by atoms with Gasteiger partial charge in [0.1, 0.15) is 30.5 Å². The number of methoxy groups -OCH3 is 1. The maximum atomic E-state index is 12.5. The molecule has 5 rings (SSSR count). The Kier molecular flexibility index (Phi) is 4.45. The van der Waals surface area contributed by atoms with Crippen molar-refractivity contribution in [3.63, 3.8) is 0 Å². The van der Waals surface area contributed by atoms with Crippen molar-refractivity contribution in [2.75, 3.05) is 26.9 Å². The zero-order valence-corrected chi connectivity index (χ0v) is 18.5. The van der Waals surface area contributed by atoms with E-state index in [4.69, 9.17) is 23.7 Å². The summed E-state index contributed by atoms with van der Waals surface area (Å²) in [4.78, 5) is 24.6. The number of esters is 2. The summed E-state index contributed by atoms with van der Waals surface area (Å²) in [6.45, 7) is 9.41. The molecule has 7 atom stereocenters. The van der Waals surface area contributed by atoms with Crippen LogP contribution in [0.5, 0.6) is 0 Å². The van der Waals surface area contributed by atoms with Gasteiger partial charge in [0.15, 0.2) is 0 Å². The third-order valence-electron chi connectivity index (χ3n) is 8.73. The van der Waals surface area contributed by atoms with Crippen LogP contribution >= 0.6 is 0 Å². The van der Waals surface area contributed by atoms with Crippen LogP contribution in [0, 0.1) is 23.2 Å². The first kappa shape index (κ1) is 20.5. The highest BCUT2D eigenvalue weighted by Gasteiger charge is 2.84. The third-order valence-corrected chi connectivity index (χ3v) is 8.73. The largest absolute Gasteiger partial charge is 0.458 e. The molecule has 7 heteroatoms. The summed E-state index contributed by atoms with van der Waals surface area (Å²) in [5.74, 6) is -0.00738. The molecule has 0 amide bonds. The van der Waals surface area contributed by atoms with E-state index in [1.54, 1.807) is 0 Å². The molecule has 3 fully saturated rings. The maximum absolute atomic E-state index is 12.5. The standard InChI is InChI=1S/C23H32O7/c1-12(2)14-8-17-23(30-17)21(3)7-6-13-15(9-27-20(13)25)16(21)10-28-22(23,4)19(14)29-18(24)11-26-5/h12,14,16-17,19H,6-11H2,1-5H3.